The third-order valence-corrected chi connectivity index (χ3v) is 6.49. The maximum absolute atomic E-state index is 13.0. The smallest absolute Gasteiger partial charge is 0.266 e. The molecule has 1 N–H and O–H groups in total. The van der Waals surface area contributed by atoms with Gasteiger partial charge in [0.25, 0.3) is 5.91 Å². The molecule has 2 aromatic carbocycles. The van der Waals surface area contributed by atoms with Gasteiger partial charge in [-0.25, -0.2) is 4.98 Å². The molecular weight excluding hydrogens is 473 g/mol. The van der Waals surface area contributed by atoms with Crippen LogP contribution in [-0.2, 0) is 4.79 Å². The molecule has 0 fully saturated rings. The van der Waals surface area contributed by atoms with Crippen LogP contribution in [0.3, 0.4) is 0 Å². The summed E-state index contributed by atoms with van der Waals surface area (Å²) in [5.74, 6) is 0.521. The fourth-order valence-electron chi connectivity index (χ4n) is 2.92. The normalized spacial score (nSPS) is 10.6. The maximum atomic E-state index is 13.0. The van der Waals surface area contributed by atoms with Crippen molar-refractivity contribution in [2.24, 2.45) is 0 Å². The number of hydrogen-bond acceptors (Lipinski definition) is 6. The van der Waals surface area contributed by atoms with E-state index in [0.717, 1.165) is 5.56 Å². The van der Waals surface area contributed by atoms with Crippen molar-refractivity contribution in [3.63, 3.8) is 0 Å². The number of ether oxygens (including phenoxy) is 2. The zero-order chi connectivity index (χ0) is 23.4. The number of halogens is 2. The van der Waals surface area contributed by atoms with Gasteiger partial charge in [-0.05, 0) is 43.3 Å². The second kappa shape index (κ2) is 10.2. The molecule has 0 atom stereocenters. The van der Waals surface area contributed by atoms with Gasteiger partial charge in [0.1, 0.15) is 9.88 Å². The van der Waals surface area contributed by atoms with E-state index in [-0.39, 0.29) is 18.4 Å². The quantitative estimate of drug-likeness (QED) is 0.491. The fraction of sp³-hybridized carbons (Fsp3) is 0.227. The number of methoxy groups -OCH3 is 2. The number of carbonyl (C=O) groups is 2. The number of aryl methyl sites for hydroxylation is 1. The Labute approximate surface area is 199 Å². The lowest BCUT2D eigenvalue weighted by Crippen LogP contribution is -2.34. The highest BCUT2D eigenvalue weighted by atomic mass is 35.5. The van der Waals surface area contributed by atoms with Crippen molar-refractivity contribution in [1.29, 1.82) is 0 Å². The van der Waals surface area contributed by atoms with E-state index < -0.39 is 0 Å². The van der Waals surface area contributed by atoms with Crippen molar-refractivity contribution in [3.05, 3.63) is 57.0 Å². The minimum Gasteiger partial charge on any atom is -0.493 e. The first-order valence-corrected chi connectivity index (χ1v) is 11.0. The molecule has 1 heterocycles. The number of likely N-dealkylation sites (N-methyl/N-ethyl adjacent to an activating group) is 1. The van der Waals surface area contributed by atoms with Gasteiger partial charge in [-0.15, -0.1) is 11.3 Å². The van der Waals surface area contributed by atoms with Crippen molar-refractivity contribution in [1.82, 2.24) is 9.88 Å². The van der Waals surface area contributed by atoms with Crippen LogP contribution in [0.1, 0.15) is 15.4 Å². The fourth-order valence-corrected chi connectivity index (χ4v) is 4.28. The molecule has 168 valence electrons. The van der Waals surface area contributed by atoms with E-state index in [1.807, 2.05) is 6.07 Å². The van der Waals surface area contributed by atoms with Gasteiger partial charge < -0.3 is 19.7 Å². The van der Waals surface area contributed by atoms with Crippen LogP contribution >= 0.6 is 34.5 Å². The lowest BCUT2D eigenvalue weighted by atomic mass is 10.2. The summed E-state index contributed by atoms with van der Waals surface area (Å²) in [7, 11) is 4.68. The minimum atomic E-state index is -0.360. The van der Waals surface area contributed by atoms with E-state index in [2.05, 4.69) is 10.3 Å². The predicted octanol–water partition coefficient (Wildman–Crippen LogP) is 5.15. The molecular formula is C22H21Cl2N3O4S. The zero-order valence-corrected chi connectivity index (χ0v) is 20.2. The third kappa shape index (κ3) is 5.32. The molecule has 0 aliphatic rings. The van der Waals surface area contributed by atoms with Gasteiger partial charge >= 0.3 is 0 Å². The zero-order valence-electron chi connectivity index (χ0n) is 17.9. The van der Waals surface area contributed by atoms with Crippen molar-refractivity contribution in [3.8, 4) is 22.1 Å². The summed E-state index contributed by atoms with van der Waals surface area (Å²) >= 11 is 13.1. The Balaban J connectivity index is 1.72. The molecule has 7 nitrogen and oxygen atoms in total. The average Bonchev–Trinajstić information content (AvgIpc) is 3.16. The second-order valence-electron chi connectivity index (χ2n) is 6.84. The summed E-state index contributed by atoms with van der Waals surface area (Å²) in [5.41, 5.74) is 1.88. The molecule has 0 saturated carbocycles. The minimum absolute atomic E-state index is 0.137. The van der Waals surface area contributed by atoms with Crippen LogP contribution in [0.25, 0.3) is 10.6 Å². The van der Waals surface area contributed by atoms with Crippen molar-refractivity contribution in [2.75, 3.05) is 33.1 Å². The number of benzene rings is 2. The Morgan fingerprint density at radius 3 is 2.44 bits per heavy atom. The van der Waals surface area contributed by atoms with Crippen LogP contribution < -0.4 is 14.8 Å². The van der Waals surface area contributed by atoms with Crippen LogP contribution in [0, 0.1) is 6.92 Å². The Morgan fingerprint density at radius 2 is 1.78 bits per heavy atom. The second-order valence-corrected chi connectivity index (χ2v) is 8.66. The van der Waals surface area contributed by atoms with Gasteiger partial charge in [0.05, 0.1) is 36.5 Å². The monoisotopic (exact) mass is 493 g/mol. The molecule has 2 amide bonds. The summed E-state index contributed by atoms with van der Waals surface area (Å²) in [5, 5.41) is 4.09. The van der Waals surface area contributed by atoms with Crippen LogP contribution in [0.15, 0.2) is 36.4 Å². The number of thiazole rings is 1. The van der Waals surface area contributed by atoms with E-state index in [1.165, 1.54) is 16.2 Å². The van der Waals surface area contributed by atoms with E-state index in [1.54, 1.807) is 58.5 Å². The largest absolute Gasteiger partial charge is 0.493 e. The van der Waals surface area contributed by atoms with Gasteiger partial charge in [0, 0.05) is 18.3 Å². The number of anilines is 1. The molecule has 32 heavy (non-hydrogen) atoms. The summed E-state index contributed by atoms with van der Waals surface area (Å²) in [6, 6.07) is 10.2. The van der Waals surface area contributed by atoms with Crippen LogP contribution in [-0.4, -0.2) is 49.5 Å². The standard InChI is InChI=1S/C22H21Cl2N3O4S/c1-12-20(32-21(25-12)13-5-8-17(30-3)18(9-13)31-4)22(29)27(2)11-19(28)26-14-6-7-15(23)16(24)10-14/h5-10H,11H2,1-4H3,(H,26,28). The number of hydrogen-bond donors (Lipinski definition) is 1. The molecule has 0 radical (unpaired) electrons. The van der Waals surface area contributed by atoms with Gasteiger partial charge in [0.15, 0.2) is 11.5 Å². The van der Waals surface area contributed by atoms with Crippen LogP contribution in [0.5, 0.6) is 11.5 Å². The Kier molecular flexibility index (Phi) is 7.60. The highest BCUT2D eigenvalue weighted by Gasteiger charge is 2.22. The van der Waals surface area contributed by atoms with E-state index in [4.69, 9.17) is 32.7 Å². The topological polar surface area (TPSA) is 80.8 Å². The first-order chi connectivity index (χ1) is 15.2. The first-order valence-electron chi connectivity index (χ1n) is 9.43. The molecule has 1 aromatic heterocycles. The Morgan fingerprint density at radius 1 is 1.06 bits per heavy atom. The van der Waals surface area contributed by atoms with Crippen LogP contribution in [0.2, 0.25) is 10.0 Å². The van der Waals surface area contributed by atoms with Gasteiger partial charge in [0.2, 0.25) is 5.91 Å². The molecule has 10 heteroatoms. The Hall–Kier alpha value is -2.81. The lowest BCUT2D eigenvalue weighted by Gasteiger charge is -2.16. The molecule has 0 saturated heterocycles. The summed E-state index contributed by atoms with van der Waals surface area (Å²) in [6.07, 6.45) is 0. The third-order valence-electron chi connectivity index (χ3n) is 4.55. The molecule has 3 rings (SSSR count). The summed E-state index contributed by atoms with van der Waals surface area (Å²) in [6.45, 7) is 1.62. The predicted molar refractivity (Wildman–Crippen MR) is 127 cm³/mol. The average molecular weight is 494 g/mol. The van der Waals surface area contributed by atoms with Crippen LogP contribution in [0.4, 0.5) is 5.69 Å². The van der Waals surface area contributed by atoms with Crippen molar-refractivity contribution < 1.29 is 19.1 Å². The molecule has 0 bridgehead atoms. The van der Waals surface area contributed by atoms with Gasteiger partial charge in [-0.2, -0.15) is 0 Å². The molecule has 0 unspecified atom stereocenters. The number of amides is 2. The van der Waals surface area contributed by atoms with Crippen molar-refractivity contribution >= 4 is 52.0 Å². The number of carbonyl (C=O) groups excluding carboxylic acids is 2. The SMILES string of the molecule is COc1ccc(-c2nc(C)c(C(=O)N(C)CC(=O)Nc3ccc(Cl)c(Cl)c3)s2)cc1OC. The van der Waals surface area contributed by atoms with Crippen molar-refractivity contribution in [2.45, 2.75) is 6.92 Å². The highest BCUT2D eigenvalue weighted by Crippen LogP contribution is 2.35. The van der Waals surface area contributed by atoms with E-state index >= 15 is 0 Å². The van der Waals surface area contributed by atoms with Gasteiger partial charge in [-0.1, -0.05) is 23.2 Å². The molecule has 0 aliphatic heterocycles. The summed E-state index contributed by atoms with van der Waals surface area (Å²) in [4.78, 5) is 31.7. The molecule has 0 aliphatic carbocycles. The number of nitrogens with one attached hydrogen (secondary N) is 1. The highest BCUT2D eigenvalue weighted by molar-refractivity contribution is 7.17. The number of aromatic nitrogens is 1. The first kappa shape index (κ1) is 23.8. The van der Waals surface area contributed by atoms with E-state index in [0.29, 0.717) is 42.8 Å². The number of rotatable bonds is 7. The number of nitrogens with zero attached hydrogens (tertiary/aromatic N) is 2. The van der Waals surface area contributed by atoms with E-state index in [9.17, 15) is 9.59 Å². The van der Waals surface area contributed by atoms with Gasteiger partial charge in [-0.3, -0.25) is 9.59 Å². The molecule has 0 spiro atoms. The molecule has 3 aromatic rings. The summed E-state index contributed by atoms with van der Waals surface area (Å²) < 4.78 is 10.6. The lowest BCUT2D eigenvalue weighted by molar-refractivity contribution is -0.116. The maximum Gasteiger partial charge on any atom is 0.266 e. The Bertz CT molecular complexity index is 1170.